The van der Waals surface area contributed by atoms with Crippen molar-refractivity contribution >= 4 is 0 Å². The molecular weight excluding hydrogens is 226 g/mol. The van der Waals surface area contributed by atoms with Gasteiger partial charge in [-0.25, -0.2) is 0 Å². The molecule has 1 aliphatic rings. The van der Waals surface area contributed by atoms with E-state index in [4.69, 9.17) is 0 Å². The molecule has 0 N–H and O–H groups in total. The second-order valence-electron chi connectivity index (χ2n) is 5.39. The van der Waals surface area contributed by atoms with Crippen LogP contribution in [0.3, 0.4) is 0 Å². The van der Waals surface area contributed by atoms with E-state index in [1.165, 1.54) is 0 Å². The number of aromatic nitrogens is 1. The third-order valence-electron chi connectivity index (χ3n) is 3.71. The molecule has 0 bridgehead atoms. The number of hydrogen-bond acceptors (Lipinski definition) is 3. The SMILES string of the molecule is CC(C)N1CCN(Cc2ccn(C)c(=O)c2)CC1. The molecule has 18 heavy (non-hydrogen) atoms. The third kappa shape index (κ3) is 3.21. The second-order valence-corrected chi connectivity index (χ2v) is 5.39. The Hall–Kier alpha value is -1.13. The lowest BCUT2D eigenvalue weighted by Gasteiger charge is -2.36. The van der Waals surface area contributed by atoms with E-state index in [0.717, 1.165) is 38.3 Å². The third-order valence-corrected chi connectivity index (χ3v) is 3.71. The van der Waals surface area contributed by atoms with Gasteiger partial charge in [0.05, 0.1) is 0 Å². The van der Waals surface area contributed by atoms with Crippen molar-refractivity contribution in [3.63, 3.8) is 0 Å². The second kappa shape index (κ2) is 5.67. The fraction of sp³-hybridized carbons (Fsp3) is 0.643. The molecule has 4 heteroatoms. The van der Waals surface area contributed by atoms with Gasteiger partial charge in [0.1, 0.15) is 0 Å². The summed E-state index contributed by atoms with van der Waals surface area (Å²) >= 11 is 0. The molecule has 0 radical (unpaired) electrons. The molecular formula is C14H23N3O. The van der Waals surface area contributed by atoms with E-state index in [2.05, 4.69) is 23.6 Å². The maximum absolute atomic E-state index is 11.6. The first-order valence-corrected chi connectivity index (χ1v) is 6.68. The summed E-state index contributed by atoms with van der Waals surface area (Å²) in [6, 6.07) is 4.42. The zero-order valence-electron chi connectivity index (χ0n) is 11.6. The summed E-state index contributed by atoms with van der Waals surface area (Å²) in [5.74, 6) is 0. The molecule has 0 aromatic carbocycles. The van der Waals surface area contributed by atoms with Crippen LogP contribution >= 0.6 is 0 Å². The van der Waals surface area contributed by atoms with Crippen molar-refractivity contribution in [3.8, 4) is 0 Å². The van der Waals surface area contributed by atoms with Crippen LogP contribution in [0.25, 0.3) is 0 Å². The van der Waals surface area contributed by atoms with Crippen LogP contribution in [0.5, 0.6) is 0 Å². The number of piperazine rings is 1. The molecule has 1 aliphatic heterocycles. The van der Waals surface area contributed by atoms with Crippen LogP contribution in [0, 0.1) is 0 Å². The summed E-state index contributed by atoms with van der Waals surface area (Å²) in [6.07, 6.45) is 1.85. The minimum Gasteiger partial charge on any atom is -0.319 e. The molecule has 1 aromatic heterocycles. The Labute approximate surface area is 109 Å². The smallest absolute Gasteiger partial charge is 0.250 e. The Morgan fingerprint density at radius 2 is 1.89 bits per heavy atom. The van der Waals surface area contributed by atoms with Crippen LogP contribution in [0.15, 0.2) is 23.1 Å². The summed E-state index contributed by atoms with van der Waals surface area (Å²) in [4.78, 5) is 16.5. The van der Waals surface area contributed by atoms with Crippen LogP contribution in [0.4, 0.5) is 0 Å². The topological polar surface area (TPSA) is 28.5 Å². The molecule has 0 spiro atoms. The molecule has 0 unspecified atom stereocenters. The van der Waals surface area contributed by atoms with Gasteiger partial charge in [0.15, 0.2) is 0 Å². The number of hydrogen-bond donors (Lipinski definition) is 0. The van der Waals surface area contributed by atoms with E-state index in [1.54, 1.807) is 17.7 Å². The van der Waals surface area contributed by atoms with Gasteiger partial charge in [-0.3, -0.25) is 14.6 Å². The fourth-order valence-corrected chi connectivity index (χ4v) is 2.38. The first kappa shape index (κ1) is 13.3. The Kier molecular flexibility index (Phi) is 4.19. The normalized spacial score (nSPS) is 18.4. The van der Waals surface area contributed by atoms with E-state index >= 15 is 0 Å². The van der Waals surface area contributed by atoms with Crippen molar-refractivity contribution in [2.24, 2.45) is 7.05 Å². The molecule has 0 atom stereocenters. The van der Waals surface area contributed by atoms with Crippen LogP contribution in [-0.2, 0) is 13.6 Å². The van der Waals surface area contributed by atoms with Crippen molar-refractivity contribution in [3.05, 3.63) is 34.2 Å². The van der Waals surface area contributed by atoms with Crippen molar-refractivity contribution in [1.29, 1.82) is 0 Å². The average molecular weight is 249 g/mol. The Morgan fingerprint density at radius 3 is 2.44 bits per heavy atom. The molecule has 2 heterocycles. The maximum Gasteiger partial charge on any atom is 0.250 e. The minimum absolute atomic E-state index is 0.0771. The lowest BCUT2D eigenvalue weighted by molar-refractivity contribution is 0.104. The molecule has 0 aliphatic carbocycles. The van der Waals surface area contributed by atoms with Crippen LogP contribution in [0.2, 0.25) is 0 Å². The Morgan fingerprint density at radius 1 is 1.22 bits per heavy atom. The number of rotatable bonds is 3. The zero-order valence-corrected chi connectivity index (χ0v) is 11.6. The summed E-state index contributed by atoms with van der Waals surface area (Å²) in [5, 5.41) is 0. The summed E-state index contributed by atoms with van der Waals surface area (Å²) in [6.45, 7) is 9.82. The molecule has 2 rings (SSSR count). The van der Waals surface area contributed by atoms with Gasteiger partial charge in [-0.15, -0.1) is 0 Å². The van der Waals surface area contributed by atoms with Gasteiger partial charge in [0.25, 0.3) is 5.56 Å². The van der Waals surface area contributed by atoms with E-state index in [-0.39, 0.29) is 5.56 Å². The highest BCUT2D eigenvalue weighted by atomic mass is 16.1. The van der Waals surface area contributed by atoms with Gasteiger partial charge >= 0.3 is 0 Å². The Balaban J connectivity index is 1.91. The van der Waals surface area contributed by atoms with Crippen molar-refractivity contribution in [2.75, 3.05) is 26.2 Å². The van der Waals surface area contributed by atoms with Crippen LogP contribution in [0.1, 0.15) is 19.4 Å². The summed E-state index contributed by atoms with van der Waals surface area (Å²) in [5.41, 5.74) is 1.20. The predicted octanol–water partition coefficient (Wildman–Crippen LogP) is 0.911. The molecule has 0 amide bonds. The van der Waals surface area contributed by atoms with E-state index in [9.17, 15) is 4.79 Å². The molecule has 1 saturated heterocycles. The van der Waals surface area contributed by atoms with Crippen molar-refractivity contribution in [2.45, 2.75) is 26.4 Å². The number of nitrogens with zero attached hydrogens (tertiary/aromatic N) is 3. The highest BCUT2D eigenvalue weighted by molar-refractivity contribution is 5.10. The number of pyridine rings is 1. The van der Waals surface area contributed by atoms with Crippen molar-refractivity contribution in [1.82, 2.24) is 14.4 Å². The molecule has 0 saturated carbocycles. The summed E-state index contributed by atoms with van der Waals surface area (Å²) < 4.78 is 1.61. The highest BCUT2D eigenvalue weighted by Crippen LogP contribution is 2.09. The van der Waals surface area contributed by atoms with Gasteiger partial charge in [0.2, 0.25) is 0 Å². The van der Waals surface area contributed by atoms with Gasteiger partial charge in [0, 0.05) is 58.1 Å². The first-order valence-electron chi connectivity index (χ1n) is 6.68. The van der Waals surface area contributed by atoms with Crippen LogP contribution < -0.4 is 5.56 Å². The van der Waals surface area contributed by atoms with Crippen molar-refractivity contribution < 1.29 is 0 Å². The average Bonchev–Trinajstić information content (AvgIpc) is 2.34. The lowest BCUT2D eigenvalue weighted by atomic mass is 10.2. The highest BCUT2D eigenvalue weighted by Gasteiger charge is 2.18. The van der Waals surface area contributed by atoms with E-state index < -0.39 is 0 Å². The molecule has 1 aromatic rings. The molecule has 100 valence electrons. The largest absolute Gasteiger partial charge is 0.319 e. The van der Waals surface area contributed by atoms with Crippen LogP contribution in [-0.4, -0.2) is 46.6 Å². The molecule has 1 fully saturated rings. The van der Waals surface area contributed by atoms with Gasteiger partial charge in [-0.1, -0.05) is 0 Å². The molecule has 4 nitrogen and oxygen atoms in total. The van der Waals surface area contributed by atoms with Gasteiger partial charge < -0.3 is 4.57 Å². The fourth-order valence-electron chi connectivity index (χ4n) is 2.38. The standard InChI is InChI=1S/C14H23N3O/c1-12(2)17-8-6-16(7-9-17)11-13-4-5-15(3)14(18)10-13/h4-5,10,12H,6-9,11H2,1-3H3. The predicted molar refractivity (Wildman–Crippen MR) is 73.7 cm³/mol. The minimum atomic E-state index is 0.0771. The lowest BCUT2D eigenvalue weighted by Crippen LogP contribution is -2.48. The summed E-state index contributed by atoms with van der Waals surface area (Å²) in [7, 11) is 1.79. The monoisotopic (exact) mass is 249 g/mol. The number of aryl methyl sites for hydroxylation is 1. The van der Waals surface area contributed by atoms with Gasteiger partial charge in [-0.05, 0) is 25.5 Å². The maximum atomic E-state index is 11.6. The van der Waals surface area contributed by atoms with E-state index in [0.29, 0.717) is 6.04 Å². The Bertz CT molecular complexity index is 445. The van der Waals surface area contributed by atoms with E-state index in [1.807, 2.05) is 12.3 Å². The van der Waals surface area contributed by atoms with Gasteiger partial charge in [-0.2, -0.15) is 0 Å². The quantitative estimate of drug-likeness (QED) is 0.797. The first-order chi connectivity index (χ1) is 8.56. The zero-order chi connectivity index (χ0) is 13.1.